The number of hydrogen-bond acceptors (Lipinski definition) is 4. The molecule has 0 unspecified atom stereocenters. The highest BCUT2D eigenvalue weighted by Crippen LogP contribution is 2.18. The Morgan fingerprint density at radius 1 is 1.43 bits per heavy atom. The van der Waals surface area contributed by atoms with Crippen LogP contribution in [0.2, 0.25) is 0 Å². The van der Waals surface area contributed by atoms with E-state index in [-0.39, 0.29) is 11.3 Å². The van der Waals surface area contributed by atoms with Crippen molar-refractivity contribution in [3.63, 3.8) is 0 Å². The van der Waals surface area contributed by atoms with Crippen LogP contribution in [0.1, 0.15) is 25.0 Å². The number of nitriles is 1. The van der Waals surface area contributed by atoms with Crippen LogP contribution in [0, 0.1) is 11.3 Å². The lowest BCUT2D eigenvalue weighted by Gasteiger charge is -2.07. The summed E-state index contributed by atoms with van der Waals surface area (Å²) in [6, 6.07) is 7.43. The molecule has 5 nitrogen and oxygen atoms in total. The lowest BCUT2D eigenvalue weighted by Crippen LogP contribution is -2.04. The minimum atomic E-state index is -1.18. The van der Waals surface area contributed by atoms with E-state index in [0.717, 1.165) is 11.3 Å². The first-order valence-corrected chi connectivity index (χ1v) is 6.59. The molecule has 0 aliphatic rings. The average molecular weight is 286 g/mol. The summed E-state index contributed by atoms with van der Waals surface area (Å²) in [5.41, 5.74) is 1.92. The van der Waals surface area contributed by atoms with Gasteiger partial charge in [-0.2, -0.15) is 5.26 Å². The fourth-order valence-electron chi connectivity index (χ4n) is 1.83. The highest BCUT2D eigenvalue weighted by molar-refractivity contribution is 5.90. The lowest BCUT2D eigenvalue weighted by molar-refractivity contribution is -0.132. The van der Waals surface area contributed by atoms with Gasteiger partial charge in [0.05, 0.1) is 16.8 Å². The van der Waals surface area contributed by atoms with E-state index in [1.54, 1.807) is 19.1 Å². The van der Waals surface area contributed by atoms with Crippen molar-refractivity contribution in [2.45, 2.75) is 20.3 Å². The van der Waals surface area contributed by atoms with Gasteiger partial charge < -0.3 is 15.5 Å². The Kier molecular flexibility index (Phi) is 6.02. The molecule has 5 heteroatoms. The number of anilines is 1. The fourth-order valence-corrected chi connectivity index (χ4v) is 1.83. The normalized spacial score (nSPS) is 11.9. The molecule has 1 aromatic rings. The summed E-state index contributed by atoms with van der Waals surface area (Å²) in [6.07, 6.45) is 3.08. The summed E-state index contributed by atoms with van der Waals surface area (Å²) in [5, 5.41) is 30.8. The van der Waals surface area contributed by atoms with E-state index in [9.17, 15) is 9.90 Å². The first kappa shape index (κ1) is 16.3. The molecule has 0 heterocycles. The summed E-state index contributed by atoms with van der Waals surface area (Å²) < 4.78 is 0. The number of nitrogens with one attached hydrogen (secondary N) is 1. The maximum absolute atomic E-state index is 11.1. The molecule has 0 spiro atoms. The van der Waals surface area contributed by atoms with Crippen molar-refractivity contribution in [3.8, 4) is 6.07 Å². The molecule has 0 saturated heterocycles. The Bertz CT molecular complexity index is 625. The van der Waals surface area contributed by atoms with Gasteiger partial charge in [0.2, 0.25) is 0 Å². The highest BCUT2D eigenvalue weighted by Gasteiger charge is 2.11. The predicted molar refractivity (Wildman–Crippen MR) is 81.1 cm³/mol. The van der Waals surface area contributed by atoms with Gasteiger partial charge in [-0.05, 0) is 44.0 Å². The third-order valence-electron chi connectivity index (χ3n) is 2.89. The zero-order valence-corrected chi connectivity index (χ0v) is 12.1. The smallest absolute Gasteiger partial charge is 0.339 e. The van der Waals surface area contributed by atoms with Crippen molar-refractivity contribution in [1.82, 2.24) is 0 Å². The Hall–Kier alpha value is -2.74. The second-order valence-electron chi connectivity index (χ2n) is 4.32. The first-order chi connectivity index (χ1) is 10.0. The van der Waals surface area contributed by atoms with Gasteiger partial charge in [-0.1, -0.05) is 12.1 Å². The number of nitrogens with zero attached hydrogens (tertiary/aromatic N) is 1. The monoisotopic (exact) mass is 286 g/mol. The molecule has 0 saturated carbocycles. The van der Waals surface area contributed by atoms with Crippen molar-refractivity contribution in [2.75, 3.05) is 11.9 Å². The van der Waals surface area contributed by atoms with Gasteiger partial charge in [0, 0.05) is 6.54 Å². The van der Waals surface area contributed by atoms with E-state index in [2.05, 4.69) is 11.4 Å². The highest BCUT2D eigenvalue weighted by atomic mass is 16.4. The third kappa shape index (κ3) is 4.39. The van der Waals surface area contributed by atoms with E-state index in [4.69, 9.17) is 10.4 Å². The Balaban J connectivity index is 3.03. The minimum Gasteiger partial charge on any atom is -0.507 e. The molecule has 0 radical (unpaired) electrons. The van der Waals surface area contributed by atoms with Crippen LogP contribution >= 0.6 is 0 Å². The maximum Gasteiger partial charge on any atom is 0.339 e. The van der Waals surface area contributed by atoms with Crippen molar-refractivity contribution in [2.24, 2.45) is 0 Å². The number of allylic oxidation sites excluding steroid dienone is 2. The van der Waals surface area contributed by atoms with Gasteiger partial charge in [-0.3, -0.25) is 0 Å². The molecule has 1 aromatic carbocycles. The number of benzene rings is 1. The van der Waals surface area contributed by atoms with E-state index in [1.807, 2.05) is 13.0 Å². The van der Waals surface area contributed by atoms with Crippen LogP contribution in [-0.2, 0) is 11.2 Å². The molecule has 0 amide bonds. The minimum absolute atomic E-state index is 0.147. The molecule has 110 valence electrons. The van der Waals surface area contributed by atoms with Crippen molar-refractivity contribution >= 4 is 11.7 Å². The van der Waals surface area contributed by atoms with E-state index in [1.165, 1.54) is 12.2 Å². The van der Waals surface area contributed by atoms with Gasteiger partial charge >= 0.3 is 5.97 Å². The topological polar surface area (TPSA) is 93.4 Å². The number of hydrogen-bond donors (Lipinski definition) is 3. The van der Waals surface area contributed by atoms with Crippen LogP contribution in [0.3, 0.4) is 0 Å². The van der Waals surface area contributed by atoms with Crippen LogP contribution in [0.15, 0.2) is 41.7 Å². The molecule has 0 aliphatic carbocycles. The second-order valence-corrected chi connectivity index (χ2v) is 4.32. The summed E-state index contributed by atoms with van der Waals surface area (Å²) in [6.45, 7) is 4.22. The molecule has 21 heavy (non-hydrogen) atoms. The zero-order valence-electron chi connectivity index (χ0n) is 12.1. The maximum atomic E-state index is 11.1. The first-order valence-electron chi connectivity index (χ1n) is 6.59. The Morgan fingerprint density at radius 3 is 2.67 bits per heavy atom. The number of rotatable bonds is 6. The van der Waals surface area contributed by atoms with E-state index >= 15 is 0 Å². The van der Waals surface area contributed by atoms with Crippen molar-refractivity contribution in [3.05, 3.63) is 52.8 Å². The van der Waals surface area contributed by atoms with Crippen LogP contribution in [0.25, 0.3) is 0 Å². The summed E-state index contributed by atoms with van der Waals surface area (Å²) in [7, 11) is 0. The number of carbonyl (C=O) groups is 1. The van der Waals surface area contributed by atoms with Gasteiger partial charge in [-0.25, -0.2) is 4.79 Å². The molecule has 3 N–H and O–H groups in total. The molecule has 0 fully saturated rings. The van der Waals surface area contributed by atoms with Crippen LogP contribution in [0.4, 0.5) is 5.69 Å². The van der Waals surface area contributed by atoms with Gasteiger partial charge in [-0.15, -0.1) is 0 Å². The summed E-state index contributed by atoms with van der Waals surface area (Å²) in [4.78, 5) is 11.1. The SMILES string of the molecule is C/C=C(O)\C(=C/Cc1ccc(NCC)c(C#N)c1)C(=O)O. The van der Waals surface area contributed by atoms with Gasteiger partial charge in [0.15, 0.2) is 0 Å². The molecular weight excluding hydrogens is 268 g/mol. The fraction of sp³-hybridized carbons (Fsp3) is 0.250. The largest absolute Gasteiger partial charge is 0.507 e. The standard InChI is InChI=1S/C16H18N2O3/c1-3-15(19)13(16(20)21)7-5-11-6-8-14(18-4-2)12(9-11)10-17/h3,6-9,18-19H,4-5H2,1-2H3,(H,20,21)/b13-7+,15-3+. The van der Waals surface area contributed by atoms with Gasteiger partial charge in [0.25, 0.3) is 0 Å². The van der Waals surface area contributed by atoms with Crippen LogP contribution in [0.5, 0.6) is 0 Å². The average Bonchev–Trinajstić information content (AvgIpc) is 2.48. The number of carboxylic acid groups (broad SMARTS) is 1. The lowest BCUT2D eigenvalue weighted by atomic mass is 10.0. The van der Waals surface area contributed by atoms with E-state index in [0.29, 0.717) is 18.5 Å². The number of carboxylic acids is 1. The second kappa shape index (κ2) is 7.75. The molecule has 0 aromatic heterocycles. The number of aliphatic hydroxyl groups excluding tert-OH is 1. The van der Waals surface area contributed by atoms with Gasteiger partial charge in [0.1, 0.15) is 11.8 Å². The summed E-state index contributed by atoms with van der Waals surface area (Å²) >= 11 is 0. The summed E-state index contributed by atoms with van der Waals surface area (Å²) in [5.74, 6) is -1.46. The molecule has 0 bridgehead atoms. The number of aliphatic hydroxyl groups is 1. The number of aliphatic carboxylic acids is 1. The van der Waals surface area contributed by atoms with Crippen molar-refractivity contribution < 1.29 is 15.0 Å². The molecule has 0 aliphatic heterocycles. The third-order valence-corrected chi connectivity index (χ3v) is 2.89. The Labute approximate surface area is 123 Å². The van der Waals surface area contributed by atoms with Crippen LogP contribution in [-0.4, -0.2) is 22.7 Å². The van der Waals surface area contributed by atoms with E-state index < -0.39 is 5.97 Å². The Morgan fingerprint density at radius 2 is 2.14 bits per heavy atom. The predicted octanol–water partition coefficient (Wildman–Crippen LogP) is 3.01. The quantitative estimate of drug-likeness (QED) is 0.424. The zero-order chi connectivity index (χ0) is 15.8. The van der Waals surface area contributed by atoms with Crippen LogP contribution < -0.4 is 5.32 Å². The van der Waals surface area contributed by atoms with Crippen molar-refractivity contribution in [1.29, 1.82) is 5.26 Å². The molecule has 0 atom stereocenters. The molecular formula is C16H18N2O3. The molecule has 1 rings (SSSR count).